The minimum absolute atomic E-state index is 0.106. The molecule has 2 heterocycles. The molecule has 204 valence electrons. The highest BCUT2D eigenvalue weighted by molar-refractivity contribution is 6.45. The van der Waals surface area contributed by atoms with Gasteiger partial charge in [-0.05, 0) is 31.5 Å². The maximum absolute atomic E-state index is 13.3. The Bertz CT molecular complexity index is 1390. The summed E-state index contributed by atoms with van der Waals surface area (Å²) in [7, 11) is 1.31. The maximum Gasteiger partial charge on any atom is 0.319 e. The summed E-state index contributed by atoms with van der Waals surface area (Å²) in [4.78, 5) is 69.0. The zero-order valence-electron chi connectivity index (χ0n) is 21.9. The number of anilines is 1. The van der Waals surface area contributed by atoms with E-state index < -0.39 is 17.7 Å². The number of Topliss-reactive ketones (excluding diaryl/α,β-unsaturated/α-hetero) is 1. The highest BCUT2D eigenvalue weighted by atomic mass is 16.5. The zero-order valence-corrected chi connectivity index (χ0v) is 21.9. The maximum atomic E-state index is 13.3. The number of aromatic nitrogens is 1. The van der Waals surface area contributed by atoms with Gasteiger partial charge in [-0.1, -0.05) is 30.3 Å². The van der Waals surface area contributed by atoms with Crippen LogP contribution in [0.25, 0.3) is 10.9 Å². The second-order valence-corrected chi connectivity index (χ2v) is 9.28. The number of hydrogen-bond donors (Lipinski definition) is 3. The van der Waals surface area contributed by atoms with Gasteiger partial charge in [0, 0.05) is 55.8 Å². The van der Waals surface area contributed by atoms with Gasteiger partial charge >= 0.3 is 12.0 Å². The number of para-hydroxylation sites is 1. The number of carbonyl (C=O) groups is 5. The van der Waals surface area contributed by atoms with Crippen LogP contribution in [0.1, 0.15) is 40.5 Å². The van der Waals surface area contributed by atoms with Gasteiger partial charge < -0.3 is 30.2 Å². The number of nitrogens with one attached hydrogen (secondary N) is 3. The fraction of sp³-hybridized carbons (Fsp3) is 0.321. The second kappa shape index (κ2) is 12.2. The molecule has 0 saturated carbocycles. The lowest BCUT2D eigenvalue weighted by Gasteiger charge is -2.39. The highest BCUT2D eigenvalue weighted by Gasteiger charge is 2.34. The molecule has 1 aliphatic heterocycles. The average molecular weight is 534 g/mol. The summed E-state index contributed by atoms with van der Waals surface area (Å²) in [6.45, 7) is 2.99. The molecule has 39 heavy (non-hydrogen) atoms. The Morgan fingerprint density at radius 2 is 1.79 bits per heavy atom. The summed E-state index contributed by atoms with van der Waals surface area (Å²) in [6, 6.07) is 13.2. The zero-order chi connectivity index (χ0) is 27.9. The summed E-state index contributed by atoms with van der Waals surface area (Å²) in [5.74, 6) is -1.76. The number of benzene rings is 2. The van der Waals surface area contributed by atoms with Crippen molar-refractivity contribution < 1.29 is 28.7 Å². The van der Waals surface area contributed by atoms with Crippen molar-refractivity contribution in [3.05, 3.63) is 65.9 Å². The Balaban J connectivity index is 1.39. The van der Waals surface area contributed by atoms with E-state index in [9.17, 15) is 24.0 Å². The summed E-state index contributed by atoms with van der Waals surface area (Å²) in [5.41, 5.74) is 1.72. The number of esters is 1. The molecule has 0 bridgehead atoms. The van der Waals surface area contributed by atoms with E-state index in [1.165, 1.54) is 18.2 Å². The smallest absolute Gasteiger partial charge is 0.319 e. The Morgan fingerprint density at radius 3 is 2.51 bits per heavy atom. The number of amides is 4. The molecule has 1 fully saturated rings. The van der Waals surface area contributed by atoms with Crippen LogP contribution in [0.4, 0.5) is 10.5 Å². The van der Waals surface area contributed by atoms with Crippen LogP contribution in [0.3, 0.4) is 0 Å². The number of carbonyl (C=O) groups excluding carboxylic acids is 5. The number of methoxy groups -OCH3 is 1. The third-order valence-corrected chi connectivity index (χ3v) is 6.67. The minimum Gasteiger partial charge on any atom is -0.469 e. The molecule has 0 radical (unpaired) electrons. The number of urea groups is 1. The number of aromatic amines is 1. The number of H-pyrrole nitrogens is 1. The molecular formula is C28H31N5O6. The molecule has 3 aromatic rings. The topological polar surface area (TPSA) is 141 Å². The van der Waals surface area contributed by atoms with E-state index in [1.807, 2.05) is 13.0 Å². The molecule has 2 aromatic carbocycles. The fourth-order valence-electron chi connectivity index (χ4n) is 4.60. The van der Waals surface area contributed by atoms with Crippen molar-refractivity contribution in [2.24, 2.45) is 0 Å². The molecule has 11 nitrogen and oxygen atoms in total. The predicted octanol–water partition coefficient (Wildman–Crippen LogP) is 2.80. The van der Waals surface area contributed by atoms with Crippen molar-refractivity contribution in [1.82, 2.24) is 20.1 Å². The average Bonchev–Trinajstić information content (AvgIpc) is 3.39. The number of ether oxygens (including phenoxy) is 1. The van der Waals surface area contributed by atoms with Crippen LogP contribution in [-0.2, 0) is 14.3 Å². The first kappa shape index (κ1) is 27.4. The fourth-order valence-corrected chi connectivity index (χ4v) is 4.60. The van der Waals surface area contributed by atoms with Crippen LogP contribution in [0.15, 0.2) is 54.7 Å². The van der Waals surface area contributed by atoms with Crippen LogP contribution >= 0.6 is 0 Å². The van der Waals surface area contributed by atoms with Crippen LogP contribution in [0.5, 0.6) is 0 Å². The Labute approximate surface area is 225 Å². The monoisotopic (exact) mass is 533 g/mol. The first-order valence-electron chi connectivity index (χ1n) is 12.7. The Kier molecular flexibility index (Phi) is 8.60. The van der Waals surface area contributed by atoms with Crippen molar-refractivity contribution >= 4 is 46.2 Å². The molecule has 1 aliphatic rings. The van der Waals surface area contributed by atoms with E-state index in [2.05, 4.69) is 20.4 Å². The summed E-state index contributed by atoms with van der Waals surface area (Å²) >= 11 is 0. The van der Waals surface area contributed by atoms with Gasteiger partial charge in [0.2, 0.25) is 0 Å². The quantitative estimate of drug-likeness (QED) is 0.176. The first-order chi connectivity index (χ1) is 18.8. The van der Waals surface area contributed by atoms with Gasteiger partial charge in [0.15, 0.2) is 0 Å². The normalized spacial score (nSPS) is 15.1. The van der Waals surface area contributed by atoms with E-state index >= 15 is 0 Å². The van der Waals surface area contributed by atoms with Crippen LogP contribution in [-0.4, -0.2) is 83.7 Å². The molecule has 1 saturated heterocycles. The standard InChI is InChI=1S/C28H31N5O6/c1-18-17-32(26(36)19-8-4-3-5-9-19)14-15-33(18)27(37)25(35)21-16-30-24-20(21)10-6-11-22(24)31-28(38)29-13-7-12-23(34)39-2/h3-6,8-11,16,18,30H,7,12-15,17H2,1-2H3,(H2,29,31,38). The summed E-state index contributed by atoms with van der Waals surface area (Å²) in [6.07, 6.45) is 2.09. The molecule has 4 rings (SSSR count). The lowest BCUT2D eigenvalue weighted by Crippen LogP contribution is -2.56. The molecule has 3 N–H and O–H groups in total. The number of hydrogen-bond acceptors (Lipinski definition) is 6. The first-order valence-corrected chi connectivity index (χ1v) is 12.7. The van der Waals surface area contributed by atoms with Crippen molar-refractivity contribution in [1.29, 1.82) is 0 Å². The van der Waals surface area contributed by atoms with Gasteiger partial charge in [0.1, 0.15) is 0 Å². The molecule has 11 heteroatoms. The third-order valence-electron chi connectivity index (χ3n) is 6.67. The van der Waals surface area contributed by atoms with E-state index in [4.69, 9.17) is 0 Å². The number of nitrogens with zero attached hydrogens (tertiary/aromatic N) is 2. The van der Waals surface area contributed by atoms with Crippen molar-refractivity contribution in [3.63, 3.8) is 0 Å². The molecule has 1 unspecified atom stereocenters. The molecule has 0 aliphatic carbocycles. The number of ketones is 1. The van der Waals surface area contributed by atoms with E-state index in [1.54, 1.807) is 47.4 Å². The second-order valence-electron chi connectivity index (χ2n) is 9.28. The predicted molar refractivity (Wildman–Crippen MR) is 144 cm³/mol. The van der Waals surface area contributed by atoms with E-state index in [0.717, 1.165) is 0 Å². The van der Waals surface area contributed by atoms with E-state index in [0.29, 0.717) is 41.7 Å². The van der Waals surface area contributed by atoms with Gasteiger partial charge in [-0.25, -0.2) is 4.79 Å². The lowest BCUT2D eigenvalue weighted by atomic mass is 10.1. The summed E-state index contributed by atoms with van der Waals surface area (Å²) in [5, 5.41) is 5.89. The SMILES string of the molecule is COC(=O)CCCNC(=O)Nc1cccc2c(C(=O)C(=O)N3CCN(C(=O)c4ccccc4)CC3C)c[nH]c12. The minimum atomic E-state index is -0.666. The van der Waals surface area contributed by atoms with Crippen molar-refractivity contribution in [3.8, 4) is 0 Å². The van der Waals surface area contributed by atoms with Crippen LogP contribution in [0.2, 0.25) is 0 Å². The van der Waals surface area contributed by atoms with Gasteiger partial charge in [0.25, 0.3) is 17.6 Å². The third kappa shape index (κ3) is 6.25. The lowest BCUT2D eigenvalue weighted by molar-refractivity contribution is -0.140. The Morgan fingerprint density at radius 1 is 1.03 bits per heavy atom. The molecule has 1 atom stereocenters. The molecule has 1 aromatic heterocycles. The van der Waals surface area contributed by atoms with Gasteiger partial charge in [0.05, 0.1) is 23.9 Å². The van der Waals surface area contributed by atoms with Gasteiger partial charge in [-0.3, -0.25) is 19.2 Å². The van der Waals surface area contributed by atoms with Crippen molar-refractivity contribution in [2.75, 3.05) is 38.6 Å². The molecule has 4 amide bonds. The molecule has 0 spiro atoms. The van der Waals surface area contributed by atoms with Crippen molar-refractivity contribution in [2.45, 2.75) is 25.8 Å². The van der Waals surface area contributed by atoms with Gasteiger partial charge in [-0.2, -0.15) is 0 Å². The largest absolute Gasteiger partial charge is 0.469 e. The summed E-state index contributed by atoms with van der Waals surface area (Å²) < 4.78 is 4.57. The highest BCUT2D eigenvalue weighted by Crippen LogP contribution is 2.27. The molecular weight excluding hydrogens is 502 g/mol. The number of rotatable bonds is 8. The number of fused-ring (bicyclic) bond motifs is 1. The van der Waals surface area contributed by atoms with Crippen LogP contribution < -0.4 is 10.6 Å². The Hall–Kier alpha value is -4.67. The number of piperazine rings is 1. The van der Waals surface area contributed by atoms with Crippen LogP contribution in [0, 0.1) is 0 Å². The van der Waals surface area contributed by atoms with Gasteiger partial charge in [-0.15, -0.1) is 0 Å². The van der Waals surface area contributed by atoms with E-state index in [-0.39, 0.29) is 43.0 Å².